The second-order valence-electron chi connectivity index (χ2n) is 7.43. The van der Waals surface area contributed by atoms with E-state index in [1.165, 1.54) is 0 Å². The fraction of sp³-hybridized carbons (Fsp3) is 0.318. The Bertz CT molecular complexity index is 1140. The standard InChI is InChI=1S/C22H25F3N4O5/c1-11(26)5-6-12(2)28-29-10-15(19(30)20(33-3)18(29)22(32)34-4)21(31)27-9-14-16(24)7-13(23)8-17(14)25/h5-8,10-12,28H,9,26H2,1-4H3,(H,27,31)/p+1/b6-5-/t11-,12+/m0/s1. The molecule has 5 N–H and O–H groups in total. The van der Waals surface area contributed by atoms with E-state index >= 15 is 0 Å². The Morgan fingerprint density at radius 1 is 1.15 bits per heavy atom. The summed E-state index contributed by atoms with van der Waals surface area (Å²) in [6, 6.07) is 0.550. The highest BCUT2D eigenvalue weighted by atomic mass is 19.1. The first kappa shape index (κ1) is 26.5. The van der Waals surface area contributed by atoms with Gasteiger partial charge in [-0.15, -0.1) is 0 Å². The SMILES string of the molecule is COC(=O)c1c(OC)c(=O)c(C(=O)NCc2c(F)cc(F)cc2F)cn1N[C@H](C)/C=C\[C@H](C)[NH3+]. The van der Waals surface area contributed by atoms with Gasteiger partial charge in [-0.2, -0.15) is 0 Å². The van der Waals surface area contributed by atoms with E-state index in [9.17, 15) is 27.6 Å². The monoisotopic (exact) mass is 483 g/mol. The topological polar surface area (TPSA) is 126 Å². The summed E-state index contributed by atoms with van der Waals surface area (Å²) < 4.78 is 51.8. The van der Waals surface area contributed by atoms with Crippen LogP contribution in [0.1, 0.15) is 40.3 Å². The molecule has 1 aromatic heterocycles. The lowest BCUT2D eigenvalue weighted by Gasteiger charge is -2.21. The van der Waals surface area contributed by atoms with Crippen LogP contribution in [-0.4, -0.2) is 42.9 Å². The summed E-state index contributed by atoms with van der Waals surface area (Å²) in [5.41, 5.74) is 4.42. The summed E-state index contributed by atoms with van der Waals surface area (Å²) in [5, 5.41) is 2.22. The second-order valence-corrected chi connectivity index (χ2v) is 7.43. The van der Waals surface area contributed by atoms with Crippen molar-refractivity contribution >= 4 is 11.9 Å². The third-order valence-corrected chi connectivity index (χ3v) is 4.60. The lowest BCUT2D eigenvalue weighted by atomic mass is 10.1. The van der Waals surface area contributed by atoms with Crippen LogP contribution in [-0.2, 0) is 11.3 Å². The number of rotatable bonds is 9. The molecule has 0 spiro atoms. The van der Waals surface area contributed by atoms with Crippen molar-refractivity contribution in [3.8, 4) is 5.75 Å². The van der Waals surface area contributed by atoms with E-state index in [0.29, 0.717) is 12.1 Å². The quantitative estimate of drug-likeness (QED) is 0.362. The molecule has 2 rings (SSSR count). The number of methoxy groups -OCH3 is 2. The Kier molecular flexibility index (Phi) is 8.84. The lowest BCUT2D eigenvalue weighted by molar-refractivity contribution is -0.397. The third-order valence-electron chi connectivity index (χ3n) is 4.60. The number of pyridine rings is 1. The normalized spacial score (nSPS) is 12.8. The summed E-state index contributed by atoms with van der Waals surface area (Å²) in [7, 11) is 2.24. The predicted molar refractivity (Wildman–Crippen MR) is 116 cm³/mol. The molecule has 12 heteroatoms. The number of carbonyl (C=O) groups excluding carboxylic acids is 2. The number of amides is 1. The molecule has 0 unspecified atom stereocenters. The van der Waals surface area contributed by atoms with Gasteiger partial charge in [0.25, 0.3) is 5.91 Å². The molecule has 9 nitrogen and oxygen atoms in total. The highest BCUT2D eigenvalue weighted by molar-refractivity contribution is 5.97. The van der Waals surface area contributed by atoms with Crippen molar-refractivity contribution in [2.45, 2.75) is 32.5 Å². The molecule has 0 aliphatic rings. The van der Waals surface area contributed by atoms with Gasteiger partial charge in [0.1, 0.15) is 29.1 Å². The van der Waals surface area contributed by atoms with Crippen LogP contribution < -0.4 is 26.6 Å². The highest BCUT2D eigenvalue weighted by Gasteiger charge is 2.26. The minimum atomic E-state index is -1.20. The fourth-order valence-electron chi connectivity index (χ4n) is 2.96. The van der Waals surface area contributed by atoms with Crippen LogP contribution in [0.15, 0.2) is 35.3 Å². The van der Waals surface area contributed by atoms with Crippen LogP contribution in [0.2, 0.25) is 0 Å². The number of nitrogens with one attached hydrogen (secondary N) is 2. The molecule has 0 saturated heterocycles. The van der Waals surface area contributed by atoms with Crippen LogP contribution in [0.4, 0.5) is 13.2 Å². The Hall–Kier alpha value is -3.80. The zero-order valence-corrected chi connectivity index (χ0v) is 19.1. The van der Waals surface area contributed by atoms with Crippen LogP contribution >= 0.6 is 0 Å². The average molecular weight is 483 g/mol. The summed E-state index contributed by atoms with van der Waals surface area (Å²) in [6.45, 7) is 2.94. The van der Waals surface area contributed by atoms with Gasteiger partial charge in [-0.1, -0.05) is 6.08 Å². The van der Waals surface area contributed by atoms with Crippen molar-refractivity contribution in [1.29, 1.82) is 0 Å². The fourth-order valence-corrected chi connectivity index (χ4v) is 2.96. The van der Waals surface area contributed by atoms with Gasteiger partial charge in [0.15, 0.2) is 11.4 Å². The summed E-state index contributed by atoms with van der Waals surface area (Å²) in [5.74, 6) is -5.91. The van der Waals surface area contributed by atoms with Gasteiger partial charge < -0.3 is 25.9 Å². The largest absolute Gasteiger partial charge is 0.490 e. The maximum Gasteiger partial charge on any atom is 0.360 e. The molecule has 2 atom stereocenters. The number of hydrogen-bond donors (Lipinski definition) is 3. The van der Waals surface area contributed by atoms with Gasteiger partial charge >= 0.3 is 5.97 Å². The zero-order valence-electron chi connectivity index (χ0n) is 19.1. The molecule has 0 fully saturated rings. The molecule has 0 aliphatic carbocycles. The first-order valence-electron chi connectivity index (χ1n) is 10.1. The minimum Gasteiger partial charge on any atom is -0.490 e. The number of carbonyl (C=O) groups is 2. The van der Waals surface area contributed by atoms with E-state index < -0.39 is 64.2 Å². The number of esters is 1. The Labute approximate surface area is 193 Å². The minimum absolute atomic E-state index is 0.00136. The lowest BCUT2D eigenvalue weighted by Crippen LogP contribution is -2.57. The number of aromatic nitrogens is 1. The maximum absolute atomic E-state index is 13.9. The van der Waals surface area contributed by atoms with Crippen molar-refractivity contribution in [2.75, 3.05) is 19.6 Å². The van der Waals surface area contributed by atoms with Gasteiger partial charge in [-0.05, 0) is 19.9 Å². The predicted octanol–water partition coefficient (Wildman–Crippen LogP) is 1.11. The molecule has 0 saturated carbocycles. The zero-order chi connectivity index (χ0) is 25.6. The second kappa shape index (κ2) is 11.4. The van der Waals surface area contributed by atoms with Crippen molar-refractivity contribution in [3.05, 3.63) is 75.0 Å². The number of quaternary nitrogens is 1. The van der Waals surface area contributed by atoms with Gasteiger partial charge in [0, 0.05) is 30.4 Å². The first-order valence-corrected chi connectivity index (χ1v) is 10.1. The summed E-state index contributed by atoms with van der Waals surface area (Å²) in [4.78, 5) is 38.0. The van der Waals surface area contributed by atoms with Crippen LogP contribution in [0.25, 0.3) is 0 Å². The highest BCUT2D eigenvalue weighted by Crippen LogP contribution is 2.17. The van der Waals surface area contributed by atoms with E-state index in [2.05, 4.69) is 16.5 Å². The van der Waals surface area contributed by atoms with Gasteiger partial charge in [0.2, 0.25) is 5.43 Å². The molecule has 0 radical (unpaired) electrons. The number of hydrogen-bond acceptors (Lipinski definition) is 6. The molecular weight excluding hydrogens is 457 g/mol. The van der Waals surface area contributed by atoms with E-state index in [0.717, 1.165) is 25.1 Å². The van der Waals surface area contributed by atoms with Crippen LogP contribution in [0.3, 0.4) is 0 Å². The van der Waals surface area contributed by atoms with Crippen molar-refractivity contribution in [2.24, 2.45) is 0 Å². The average Bonchev–Trinajstić information content (AvgIpc) is 2.76. The molecule has 1 amide bonds. The molecule has 34 heavy (non-hydrogen) atoms. The molecular formula is C22H26F3N4O5+. The van der Waals surface area contributed by atoms with E-state index in [4.69, 9.17) is 9.47 Å². The Morgan fingerprint density at radius 3 is 2.29 bits per heavy atom. The Balaban J connectivity index is 2.48. The van der Waals surface area contributed by atoms with Crippen molar-refractivity contribution in [3.63, 3.8) is 0 Å². The molecule has 0 aliphatic heterocycles. The molecule has 1 aromatic carbocycles. The van der Waals surface area contributed by atoms with Crippen LogP contribution in [0.5, 0.6) is 5.75 Å². The van der Waals surface area contributed by atoms with Crippen LogP contribution in [0, 0.1) is 17.5 Å². The maximum atomic E-state index is 13.9. The van der Waals surface area contributed by atoms with E-state index in [-0.39, 0.29) is 11.7 Å². The number of ether oxygens (including phenoxy) is 2. The number of benzene rings is 1. The number of halogens is 3. The summed E-state index contributed by atoms with van der Waals surface area (Å²) >= 11 is 0. The smallest absolute Gasteiger partial charge is 0.360 e. The van der Waals surface area contributed by atoms with E-state index in [1.54, 1.807) is 19.1 Å². The third kappa shape index (κ3) is 6.16. The van der Waals surface area contributed by atoms with Crippen molar-refractivity contribution in [1.82, 2.24) is 9.99 Å². The molecule has 184 valence electrons. The van der Waals surface area contributed by atoms with Gasteiger partial charge in [-0.3, -0.25) is 14.3 Å². The molecule has 1 heterocycles. The number of nitrogens with zero attached hydrogens (tertiary/aromatic N) is 1. The Morgan fingerprint density at radius 2 is 1.76 bits per heavy atom. The van der Waals surface area contributed by atoms with Gasteiger partial charge in [-0.25, -0.2) is 18.0 Å². The summed E-state index contributed by atoms with van der Waals surface area (Å²) in [6.07, 6.45) is 4.60. The first-order chi connectivity index (χ1) is 16.0. The molecule has 2 aromatic rings. The van der Waals surface area contributed by atoms with E-state index in [1.807, 2.05) is 6.92 Å². The van der Waals surface area contributed by atoms with Gasteiger partial charge in [0.05, 0.1) is 20.3 Å². The van der Waals surface area contributed by atoms with Crippen molar-refractivity contribution < 1.29 is 38.0 Å². The molecule has 0 bridgehead atoms.